The quantitative estimate of drug-likeness (QED) is 0.496. The number of phenolic OH excluding ortho intramolecular Hbond substituents is 1. The van der Waals surface area contributed by atoms with Gasteiger partial charge in [0.05, 0.1) is 6.54 Å². The topological polar surface area (TPSA) is 81.7 Å². The van der Waals surface area contributed by atoms with E-state index >= 15 is 0 Å². The van der Waals surface area contributed by atoms with Crippen molar-refractivity contribution in [3.63, 3.8) is 0 Å². The van der Waals surface area contributed by atoms with Crippen LogP contribution in [0.1, 0.15) is 72.8 Å². The second-order valence-electron chi connectivity index (χ2n) is 10.3. The fourth-order valence-electron chi connectivity index (χ4n) is 6.79. The highest BCUT2D eigenvalue weighted by Crippen LogP contribution is 2.55. The number of H-pyrrole nitrogens is 1. The summed E-state index contributed by atoms with van der Waals surface area (Å²) in [5, 5.41) is 10.7. The number of carbonyl (C=O) groups is 1. The molecule has 36 heavy (non-hydrogen) atoms. The molecule has 0 spiro atoms. The van der Waals surface area contributed by atoms with Crippen molar-refractivity contribution in [2.75, 3.05) is 13.1 Å². The number of nitrogens with one attached hydrogen (secondary N) is 1. The van der Waals surface area contributed by atoms with Gasteiger partial charge in [-0.1, -0.05) is 18.2 Å². The van der Waals surface area contributed by atoms with Crippen molar-refractivity contribution < 1.29 is 14.6 Å². The number of ether oxygens (including phenoxy) is 1. The van der Waals surface area contributed by atoms with Crippen LogP contribution in [0.2, 0.25) is 0 Å². The minimum Gasteiger partial charge on any atom is -0.504 e. The molecule has 3 aliphatic heterocycles. The Labute approximate surface area is 212 Å². The minimum absolute atomic E-state index is 0.00955. The number of hydrogen-bond donors (Lipinski definition) is 2. The Bertz CT molecular complexity index is 1240. The van der Waals surface area contributed by atoms with Crippen molar-refractivity contribution >= 4 is 5.91 Å². The van der Waals surface area contributed by atoms with Crippen LogP contribution in [-0.2, 0) is 6.54 Å². The van der Waals surface area contributed by atoms with E-state index in [9.17, 15) is 9.90 Å². The number of phenols is 1. The molecule has 3 aliphatic rings. The molecule has 2 bridgehead atoms. The Kier molecular flexibility index (Phi) is 5.96. The Hall–Kier alpha value is -3.32. The lowest BCUT2D eigenvalue weighted by Gasteiger charge is -2.43. The van der Waals surface area contributed by atoms with Gasteiger partial charge in [-0.3, -0.25) is 9.69 Å². The summed E-state index contributed by atoms with van der Waals surface area (Å²) in [4.78, 5) is 25.2. The monoisotopic (exact) mass is 486 g/mol. The smallest absolute Gasteiger partial charge is 0.253 e. The fraction of sp³-hybridized carbons (Fsp3) is 0.448. The average Bonchev–Trinajstić information content (AvgIpc) is 3.48. The number of fused-ring (bicyclic) bond motifs is 4. The number of carbonyl (C=O) groups excluding carboxylic acids is 1. The van der Waals surface area contributed by atoms with Gasteiger partial charge < -0.3 is 19.7 Å². The van der Waals surface area contributed by atoms with Crippen LogP contribution in [0.4, 0.5) is 0 Å². The number of aromatic amines is 1. The Morgan fingerprint density at radius 3 is 2.61 bits per heavy atom. The lowest BCUT2D eigenvalue weighted by Crippen LogP contribution is -2.44. The van der Waals surface area contributed by atoms with E-state index in [1.54, 1.807) is 6.07 Å². The molecule has 7 nitrogen and oxygen atoms in total. The number of imidazole rings is 1. The Morgan fingerprint density at radius 1 is 1.14 bits per heavy atom. The fourth-order valence-corrected chi connectivity index (χ4v) is 6.79. The first-order valence-corrected chi connectivity index (χ1v) is 13.2. The number of nitrogens with zero attached hydrogens (tertiary/aromatic N) is 3. The molecule has 2 saturated heterocycles. The molecule has 7 heteroatoms. The molecule has 0 radical (unpaired) electrons. The molecule has 0 saturated carbocycles. The van der Waals surface area contributed by atoms with Gasteiger partial charge in [0.1, 0.15) is 11.6 Å². The summed E-state index contributed by atoms with van der Waals surface area (Å²) in [7, 11) is 0. The summed E-state index contributed by atoms with van der Waals surface area (Å²) < 4.78 is 6.28. The highest BCUT2D eigenvalue weighted by atomic mass is 16.5. The number of aromatic hydroxyl groups is 1. The molecule has 2 aromatic carbocycles. The van der Waals surface area contributed by atoms with Gasteiger partial charge in [0.15, 0.2) is 11.5 Å². The molecule has 2 N–H and O–H groups in total. The predicted octanol–water partition coefficient (Wildman–Crippen LogP) is 5.28. The molecule has 1 aromatic heterocycles. The number of rotatable bonds is 6. The molecule has 1 amide bonds. The predicted molar refractivity (Wildman–Crippen MR) is 137 cm³/mol. The number of benzene rings is 2. The molecule has 4 heterocycles. The van der Waals surface area contributed by atoms with Crippen molar-refractivity contribution in [3.05, 3.63) is 71.3 Å². The van der Waals surface area contributed by atoms with E-state index in [-0.39, 0.29) is 17.6 Å². The first kappa shape index (κ1) is 23.1. The van der Waals surface area contributed by atoms with Gasteiger partial charge in [-0.25, -0.2) is 4.98 Å². The van der Waals surface area contributed by atoms with Crippen LogP contribution in [0.15, 0.2) is 48.8 Å². The van der Waals surface area contributed by atoms with Crippen molar-refractivity contribution in [3.8, 4) is 17.2 Å². The SMILES string of the molecule is CCN(CC)C(=O)c1ccc2c(c1)Oc1c(O)cccc1C2C1CC2CCC(C1)N2Cc1ncc[nH]1. The van der Waals surface area contributed by atoms with Gasteiger partial charge in [-0.05, 0) is 63.6 Å². The van der Waals surface area contributed by atoms with Crippen LogP contribution >= 0.6 is 0 Å². The standard InChI is InChI=1S/C29H34N4O3/c1-3-32(4-2)29(35)18-8-11-22-25(16-18)36-28-23(6-5-7-24(28)34)27(22)19-14-20-9-10-21(15-19)33(20)17-26-30-12-13-31-26/h5-8,11-13,16,19-21,27,34H,3-4,9-10,14-15,17H2,1-2H3,(H,30,31). The van der Waals surface area contributed by atoms with Crippen molar-refractivity contribution in [1.82, 2.24) is 19.8 Å². The van der Waals surface area contributed by atoms with Crippen LogP contribution in [0.3, 0.4) is 0 Å². The van der Waals surface area contributed by atoms with Crippen molar-refractivity contribution in [2.24, 2.45) is 5.92 Å². The lowest BCUT2D eigenvalue weighted by molar-refractivity contribution is 0.0772. The molecular weight excluding hydrogens is 452 g/mol. The summed E-state index contributed by atoms with van der Waals surface area (Å²) in [5.41, 5.74) is 2.80. The number of piperidine rings is 1. The molecule has 188 valence electrons. The van der Waals surface area contributed by atoms with Crippen LogP contribution in [-0.4, -0.2) is 56.0 Å². The molecule has 6 rings (SSSR count). The lowest BCUT2D eigenvalue weighted by atomic mass is 9.72. The van der Waals surface area contributed by atoms with Gasteiger partial charge >= 0.3 is 0 Å². The maximum absolute atomic E-state index is 13.1. The van der Waals surface area contributed by atoms with E-state index in [0.29, 0.717) is 48.2 Å². The maximum Gasteiger partial charge on any atom is 0.253 e. The van der Waals surface area contributed by atoms with Gasteiger partial charge in [0.2, 0.25) is 0 Å². The van der Waals surface area contributed by atoms with E-state index in [0.717, 1.165) is 36.3 Å². The normalized spacial score (nSPS) is 24.6. The average molecular weight is 487 g/mol. The zero-order valence-electron chi connectivity index (χ0n) is 21.0. The number of aromatic nitrogens is 2. The van der Waals surface area contributed by atoms with E-state index in [1.807, 2.05) is 49.3 Å². The van der Waals surface area contributed by atoms with Crippen LogP contribution < -0.4 is 4.74 Å². The second-order valence-corrected chi connectivity index (χ2v) is 10.3. The number of para-hydroxylation sites is 1. The molecular formula is C29H34N4O3. The van der Waals surface area contributed by atoms with E-state index in [2.05, 4.69) is 27.0 Å². The maximum atomic E-state index is 13.1. The van der Waals surface area contributed by atoms with Crippen LogP contribution in [0.5, 0.6) is 17.2 Å². The van der Waals surface area contributed by atoms with Gasteiger partial charge in [-0.2, -0.15) is 0 Å². The third kappa shape index (κ3) is 3.86. The van der Waals surface area contributed by atoms with Gasteiger partial charge in [0.25, 0.3) is 5.91 Å². The summed E-state index contributed by atoms with van der Waals surface area (Å²) in [6.45, 7) is 6.19. The summed E-state index contributed by atoms with van der Waals surface area (Å²) >= 11 is 0. The zero-order valence-corrected chi connectivity index (χ0v) is 21.0. The summed E-state index contributed by atoms with van der Waals surface area (Å²) in [5.74, 6) is 2.98. The zero-order chi connectivity index (χ0) is 24.8. The first-order valence-electron chi connectivity index (χ1n) is 13.2. The minimum atomic E-state index is 0.00955. The van der Waals surface area contributed by atoms with E-state index in [4.69, 9.17) is 4.74 Å². The molecule has 0 aliphatic carbocycles. The van der Waals surface area contributed by atoms with Crippen molar-refractivity contribution in [2.45, 2.75) is 64.1 Å². The third-order valence-electron chi connectivity index (χ3n) is 8.50. The highest BCUT2D eigenvalue weighted by Gasteiger charge is 2.45. The first-order chi connectivity index (χ1) is 17.6. The second kappa shape index (κ2) is 9.28. The Morgan fingerprint density at radius 2 is 1.92 bits per heavy atom. The molecule has 3 atom stereocenters. The number of hydrogen-bond acceptors (Lipinski definition) is 5. The van der Waals surface area contributed by atoms with Crippen molar-refractivity contribution in [1.29, 1.82) is 0 Å². The third-order valence-corrected chi connectivity index (χ3v) is 8.50. The van der Waals surface area contributed by atoms with E-state index < -0.39 is 0 Å². The highest BCUT2D eigenvalue weighted by molar-refractivity contribution is 5.95. The largest absolute Gasteiger partial charge is 0.504 e. The Balaban J connectivity index is 1.34. The molecule has 3 aromatic rings. The molecule has 2 fully saturated rings. The van der Waals surface area contributed by atoms with Gasteiger partial charge in [-0.15, -0.1) is 0 Å². The van der Waals surface area contributed by atoms with E-state index in [1.165, 1.54) is 12.8 Å². The van der Waals surface area contributed by atoms with Crippen LogP contribution in [0, 0.1) is 5.92 Å². The molecule has 3 unspecified atom stereocenters. The summed E-state index contributed by atoms with van der Waals surface area (Å²) in [6.07, 6.45) is 8.33. The summed E-state index contributed by atoms with van der Waals surface area (Å²) in [6, 6.07) is 12.6. The van der Waals surface area contributed by atoms with Crippen LogP contribution in [0.25, 0.3) is 0 Å². The van der Waals surface area contributed by atoms with Gasteiger partial charge in [0, 0.05) is 60.2 Å². The number of amides is 1.